The van der Waals surface area contributed by atoms with E-state index in [1.165, 1.54) is 24.8 Å². The van der Waals surface area contributed by atoms with Crippen LogP contribution in [0.1, 0.15) is 47.0 Å². The second kappa shape index (κ2) is 11.8. The average molecular weight is 544 g/mol. The van der Waals surface area contributed by atoms with Crippen LogP contribution >= 0.6 is 0 Å². The number of hydroxylamine groups is 1. The van der Waals surface area contributed by atoms with Crippen molar-refractivity contribution in [2.45, 2.75) is 36.8 Å². The molecule has 0 radical (unpaired) electrons. The fourth-order valence-electron chi connectivity index (χ4n) is 4.70. The number of alkyl halides is 3. The number of carbonyl (C=O) groups excluding carboxylic acids is 1. The zero-order valence-corrected chi connectivity index (χ0v) is 20.9. The normalized spacial score (nSPS) is 21.3. The van der Waals surface area contributed by atoms with E-state index in [0.717, 1.165) is 19.6 Å². The molecule has 3 N–H and O–H groups in total. The van der Waals surface area contributed by atoms with Crippen molar-refractivity contribution in [3.8, 4) is 0 Å². The highest BCUT2D eigenvalue weighted by molar-refractivity contribution is 5.96. The Bertz CT molecular complexity index is 1350. The van der Waals surface area contributed by atoms with Crippen LogP contribution in [0.25, 0.3) is 11.1 Å². The molecule has 206 valence electrons. The van der Waals surface area contributed by atoms with E-state index < -0.39 is 23.5 Å². The van der Waals surface area contributed by atoms with Crippen molar-refractivity contribution in [3.63, 3.8) is 0 Å². The molecule has 1 aromatic heterocycles. The molecule has 8 nitrogen and oxygen atoms in total. The van der Waals surface area contributed by atoms with Crippen LogP contribution in [0.15, 0.2) is 77.3 Å². The monoisotopic (exact) mass is 543 g/mol. The summed E-state index contributed by atoms with van der Waals surface area (Å²) in [5, 5.41) is 16.1. The highest BCUT2D eigenvalue weighted by atomic mass is 19.4. The first-order valence-electron chi connectivity index (χ1n) is 12.4. The molecule has 1 fully saturated rings. The predicted octanol–water partition coefficient (Wildman–Crippen LogP) is 5.21. The van der Waals surface area contributed by atoms with Crippen LogP contribution in [0.4, 0.5) is 13.2 Å². The molecule has 1 aliphatic carbocycles. The van der Waals surface area contributed by atoms with Gasteiger partial charge in [0.05, 0.1) is 5.41 Å². The lowest BCUT2D eigenvalue weighted by Gasteiger charge is -2.36. The molecule has 1 aliphatic heterocycles. The summed E-state index contributed by atoms with van der Waals surface area (Å²) in [6.45, 7) is 2.96. The maximum atomic E-state index is 11.8. The van der Waals surface area contributed by atoms with E-state index in [0.29, 0.717) is 22.6 Å². The number of aromatic nitrogens is 1. The van der Waals surface area contributed by atoms with Gasteiger partial charge in [0, 0.05) is 18.0 Å². The van der Waals surface area contributed by atoms with Crippen LogP contribution in [-0.2, 0) is 10.2 Å². The SMILES string of the molecule is O=C(NO)c1ccc2oc(C3(CN4CCCCC4)C=CC(c4ccccc4)C=C3)nc2c1.O=C(O)C(F)(F)F. The van der Waals surface area contributed by atoms with Crippen LogP contribution in [0, 0.1) is 0 Å². The van der Waals surface area contributed by atoms with Gasteiger partial charge in [-0.05, 0) is 49.7 Å². The summed E-state index contributed by atoms with van der Waals surface area (Å²) in [4.78, 5) is 28.0. The molecule has 5 rings (SSSR count). The fraction of sp³-hybridized carbons (Fsp3) is 0.321. The number of carboxylic acid groups (broad SMARTS) is 1. The molecule has 11 heteroatoms. The summed E-state index contributed by atoms with van der Waals surface area (Å²) < 4.78 is 38.0. The topological polar surface area (TPSA) is 116 Å². The number of carboxylic acids is 1. The molecular formula is C28H28F3N3O5. The van der Waals surface area contributed by atoms with E-state index in [-0.39, 0.29) is 5.92 Å². The molecule has 2 aromatic carbocycles. The molecule has 2 heterocycles. The number of carbonyl (C=O) groups is 2. The van der Waals surface area contributed by atoms with Gasteiger partial charge in [-0.1, -0.05) is 61.1 Å². The first-order chi connectivity index (χ1) is 18.6. The zero-order valence-electron chi connectivity index (χ0n) is 20.9. The van der Waals surface area contributed by atoms with Gasteiger partial charge in [-0.2, -0.15) is 13.2 Å². The Kier molecular flexibility index (Phi) is 8.51. The number of amides is 1. The second-order valence-corrected chi connectivity index (χ2v) is 9.48. The van der Waals surface area contributed by atoms with Gasteiger partial charge in [-0.25, -0.2) is 15.3 Å². The number of oxazole rings is 1. The second-order valence-electron chi connectivity index (χ2n) is 9.48. The standard InChI is InChI=1S/C26H27N3O3.C2HF3O2/c30-24(28-31)21-9-10-23-22(17-21)27-25(32-23)26(18-29-15-5-2-6-16-29)13-11-20(12-14-26)19-7-3-1-4-8-19;3-2(4,5)1(6)7/h1,3-4,7-14,17,20,31H,2,5-6,15-16,18H2,(H,28,30);(H,6,7). The molecule has 0 spiro atoms. The molecule has 1 amide bonds. The lowest BCUT2D eigenvalue weighted by atomic mass is 9.79. The number of hydrogen-bond donors (Lipinski definition) is 3. The fourth-order valence-corrected chi connectivity index (χ4v) is 4.70. The molecule has 3 aromatic rings. The summed E-state index contributed by atoms with van der Waals surface area (Å²) >= 11 is 0. The van der Waals surface area contributed by atoms with Crippen LogP contribution < -0.4 is 5.48 Å². The number of nitrogens with one attached hydrogen (secondary N) is 1. The predicted molar refractivity (Wildman–Crippen MR) is 136 cm³/mol. The summed E-state index contributed by atoms with van der Waals surface area (Å²) in [5.74, 6) is -2.48. The summed E-state index contributed by atoms with van der Waals surface area (Å²) in [7, 11) is 0. The number of rotatable bonds is 5. The zero-order chi connectivity index (χ0) is 28.0. The molecule has 0 saturated carbocycles. The largest absolute Gasteiger partial charge is 0.490 e. The van der Waals surface area contributed by atoms with E-state index in [9.17, 15) is 18.0 Å². The van der Waals surface area contributed by atoms with E-state index >= 15 is 0 Å². The quantitative estimate of drug-likeness (QED) is 0.230. The van der Waals surface area contributed by atoms with Crippen molar-refractivity contribution in [1.82, 2.24) is 15.4 Å². The highest BCUT2D eigenvalue weighted by Gasteiger charge is 2.38. The Morgan fingerprint density at radius 3 is 2.28 bits per heavy atom. The van der Waals surface area contributed by atoms with Crippen molar-refractivity contribution in [3.05, 3.63) is 89.9 Å². The number of fused-ring (bicyclic) bond motifs is 1. The number of piperidine rings is 1. The first kappa shape index (κ1) is 28.1. The summed E-state index contributed by atoms with van der Waals surface area (Å²) in [5.41, 5.74) is 4.02. The number of halogens is 3. The third-order valence-corrected chi connectivity index (χ3v) is 6.71. The minimum absolute atomic E-state index is 0.218. The molecule has 39 heavy (non-hydrogen) atoms. The third-order valence-electron chi connectivity index (χ3n) is 6.71. The minimum atomic E-state index is -5.08. The highest BCUT2D eigenvalue weighted by Crippen LogP contribution is 2.37. The van der Waals surface area contributed by atoms with Crippen molar-refractivity contribution in [1.29, 1.82) is 0 Å². The van der Waals surface area contributed by atoms with Crippen LogP contribution in [0.2, 0.25) is 0 Å². The summed E-state index contributed by atoms with van der Waals surface area (Å²) in [6, 6.07) is 15.4. The van der Waals surface area contributed by atoms with Crippen molar-refractivity contribution in [2.75, 3.05) is 19.6 Å². The van der Waals surface area contributed by atoms with E-state index in [1.54, 1.807) is 23.7 Å². The van der Waals surface area contributed by atoms with E-state index in [1.807, 2.05) is 6.07 Å². The van der Waals surface area contributed by atoms with Crippen molar-refractivity contribution in [2.24, 2.45) is 0 Å². The number of nitrogens with zero attached hydrogens (tertiary/aromatic N) is 2. The Balaban J connectivity index is 0.000000448. The maximum Gasteiger partial charge on any atom is 0.490 e. The number of allylic oxidation sites excluding steroid dienone is 2. The number of hydrogen-bond acceptors (Lipinski definition) is 6. The Labute approximate surface area is 222 Å². The molecular weight excluding hydrogens is 515 g/mol. The van der Waals surface area contributed by atoms with Crippen molar-refractivity contribution >= 4 is 23.0 Å². The van der Waals surface area contributed by atoms with Gasteiger partial charge < -0.3 is 14.4 Å². The minimum Gasteiger partial charge on any atom is -0.475 e. The molecule has 1 saturated heterocycles. The smallest absolute Gasteiger partial charge is 0.475 e. The molecule has 2 aliphatic rings. The Morgan fingerprint density at radius 2 is 1.69 bits per heavy atom. The Hall–Kier alpha value is -3.96. The van der Waals surface area contributed by atoms with Gasteiger partial charge in [-0.3, -0.25) is 10.0 Å². The third kappa shape index (κ3) is 6.73. The van der Waals surface area contributed by atoms with Gasteiger partial charge >= 0.3 is 12.1 Å². The lowest BCUT2D eigenvalue weighted by molar-refractivity contribution is -0.192. The maximum absolute atomic E-state index is 11.8. The molecule has 0 atom stereocenters. The van der Waals surface area contributed by atoms with Crippen LogP contribution in [0.5, 0.6) is 0 Å². The number of aliphatic carboxylic acids is 1. The van der Waals surface area contributed by atoms with Crippen LogP contribution in [0.3, 0.4) is 0 Å². The van der Waals surface area contributed by atoms with E-state index in [2.05, 4.69) is 53.5 Å². The van der Waals surface area contributed by atoms with Crippen molar-refractivity contribution < 1.29 is 37.5 Å². The lowest BCUT2D eigenvalue weighted by Crippen LogP contribution is -2.42. The average Bonchev–Trinajstić information content (AvgIpc) is 3.38. The number of benzene rings is 2. The Morgan fingerprint density at radius 1 is 1.05 bits per heavy atom. The van der Waals surface area contributed by atoms with Gasteiger partial charge in [0.25, 0.3) is 5.91 Å². The molecule has 0 bridgehead atoms. The van der Waals surface area contributed by atoms with Crippen LogP contribution in [-0.4, -0.2) is 57.9 Å². The first-order valence-corrected chi connectivity index (χ1v) is 12.4. The number of likely N-dealkylation sites (tertiary alicyclic amines) is 1. The van der Waals surface area contributed by atoms with Gasteiger partial charge in [0.15, 0.2) is 5.58 Å². The van der Waals surface area contributed by atoms with Gasteiger partial charge in [0.1, 0.15) is 5.52 Å². The summed E-state index contributed by atoms with van der Waals surface area (Å²) in [6.07, 6.45) is 7.55. The molecule has 0 unspecified atom stereocenters. The van der Waals surface area contributed by atoms with E-state index in [4.69, 9.17) is 24.5 Å². The van der Waals surface area contributed by atoms with Gasteiger partial charge in [0.2, 0.25) is 5.89 Å². The van der Waals surface area contributed by atoms with Gasteiger partial charge in [-0.15, -0.1) is 0 Å².